The summed E-state index contributed by atoms with van der Waals surface area (Å²) in [6, 6.07) is 8.39. The molecule has 0 radical (unpaired) electrons. The Morgan fingerprint density at radius 2 is 1.90 bits per heavy atom. The van der Waals surface area contributed by atoms with Gasteiger partial charge in [-0.15, -0.1) is 0 Å². The first kappa shape index (κ1) is 15.3. The summed E-state index contributed by atoms with van der Waals surface area (Å²) in [6.07, 6.45) is 7.75. The average Bonchev–Trinajstić information content (AvgIpc) is 2.52. The Hall–Kier alpha value is -1.06. The average molecular weight is 277 g/mol. The third-order valence-electron chi connectivity index (χ3n) is 4.47. The van der Waals surface area contributed by atoms with Crippen molar-refractivity contribution in [2.45, 2.75) is 44.9 Å². The second-order valence-corrected chi connectivity index (χ2v) is 6.10. The van der Waals surface area contributed by atoms with Crippen LogP contribution in [0.4, 0.5) is 5.69 Å². The van der Waals surface area contributed by atoms with Crippen molar-refractivity contribution < 1.29 is 10.2 Å². The molecule has 2 rings (SSSR count). The molecule has 112 valence electrons. The largest absolute Gasteiger partial charge is 0.396 e. The minimum atomic E-state index is 0.0688. The maximum atomic E-state index is 9.72. The Balaban J connectivity index is 1.92. The van der Waals surface area contributed by atoms with Crippen LogP contribution in [0.5, 0.6) is 0 Å². The van der Waals surface area contributed by atoms with Gasteiger partial charge in [-0.25, -0.2) is 0 Å². The van der Waals surface area contributed by atoms with Crippen molar-refractivity contribution in [3.8, 4) is 0 Å². The molecule has 1 aromatic carbocycles. The number of benzene rings is 1. The van der Waals surface area contributed by atoms with Gasteiger partial charge in [0.25, 0.3) is 0 Å². The molecule has 0 amide bonds. The van der Waals surface area contributed by atoms with E-state index < -0.39 is 0 Å². The second-order valence-electron chi connectivity index (χ2n) is 6.10. The van der Waals surface area contributed by atoms with Crippen molar-refractivity contribution >= 4 is 5.69 Å². The third kappa shape index (κ3) is 4.22. The lowest BCUT2D eigenvalue weighted by Crippen LogP contribution is -2.35. The third-order valence-corrected chi connectivity index (χ3v) is 4.47. The highest BCUT2D eigenvalue weighted by molar-refractivity contribution is 5.46. The number of aliphatic hydroxyl groups excluding tert-OH is 2. The lowest BCUT2D eigenvalue weighted by atomic mass is 9.74. The van der Waals surface area contributed by atoms with Crippen LogP contribution in [-0.4, -0.2) is 30.0 Å². The standard InChI is InChI=1S/C17H27NO2/c19-11-5-7-15-6-4-8-16(12-15)18-13-17(14-20)9-2-1-3-10-17/h4,6,8,12,18-20H,1-3,5,7,9-11,13-14H2. The van der Waals surface area contributed by atoms with Gasteiger partial charge in [0.15, 0.2) is 0 Å². The molecule has 3 N–H and O–H groups in total. The van der Waals surface area contributed by atoms with E-state index >= 15 is 0 Å². The molecule has 1 fully saturated rings. The molecule has 3 nitrogen and oxygen atoms in total. The fourth-order valence-electron chi connectivity index (χ4n) is 3.10. The number of aryl methyl sites for hydroxylation is 1. The van der Waals surface area contributed by atoms with Crippen LogP contribution in [0.15, 0.2) is 24.3 Å². The van der Waals surface area contributed by atoms with Crippen molar-refractivity contribution in [3.63, 3.8) is 0 Å². The van der Waals surface area contributed by atoms with E-state index in [4.69, 9.17) is 5.11 Å². The van der Waals surface area contributed by atoms with Gasteiger partial charge in [0.1, 0.15) is 0 Å². The number of aliphatic hydroxyl groups is 2. The molecular formula is C17H27NO2. The highest BCUT2D eigenvalue weighted by atomic mass is 16.3. The van der Waals surface area contributed by atoms with Crippen LogP contribution >= 0.6 is 0 Å². The van der Waals surface area contributed by atoms with Gasteiger partial charge in [-0.05, 0) is 43.4 Å². The molecule has 1 saturated carbocycles. The number of anilines is 1. The van der Waals surface area contributed by atoms with Crippen molar-refractivity contribution in [2.24, 2.45) is 5.41 Å². The zero-order valence-corrected chi connectivity index (χ0v) is 12.3. The Morgan fingerprint density at radius 1 is 1.10 bits per heavy atom. The van der Waals surface area contributed by atoms with E-state index in [0.29, 0.717) is 0 Å². The molecule has 0 atom stereocenters. The molecule has 0 aliphatic heterocycles. The minimum absolute atomic E-state index is 0.0688. The zero-order valence-electron chi connectivity index (χ0n) is 12.3. The van der Waals surface area contributed by atoms with E-state index in [0.717, 1.165) is 37.9 Å². The highest BCUT2D eigenvalue weighted by Gasteiger charge is 2.30. The second kappa shape index (κ2) is 7.65. The van der Waals surface area contributed by atoms with E-state index in [2.05, 4.69) is 29.6 Å². The zero-order chi connectivity index (χ0) is 14.3. The number of rotatable bonds is 7. The molecule has 0 aromatic heterocycles. The summed E-state index contributed by atoms with van der Waals surface area (Å²) in [4.78, 5) is 0. The Labute approximate surface area is 122 Å². The van der Waals surface area contributed by atoms with Crippen LogP contribution in [-0.2, 0) is 6.42 Å². The van der Waals surface area contributed by atoms with E-state index in [1.54, 1.807) is 0 Å². The van der Waals surface area contributed by atoms with Gasteiger partial charge in [-0.2, -0.15) is 0 Å². The Bertz CT molecular complexity index is 400. The van der Waals surface area contributed by atoms with Gasteiger partial charge < -0.3 is 15.5 Å². The molecule has 1 aliphatic carbocycles. The van der Waals surface area contributed by atoms with Crippen LogP contribution in [0.25, 0.3) is 0 Å². The molecule has 1 aromatic rings. The molecule has 1 aliphatic rings. The summed E-state index contributed by atoms with van der Waals surface area (Å²) in [7, 11) is 0. The molecule has 0 bridgehead atoms. The summed E-state index contributed by atoms with van der Waals surface area (Å²) in [6.45, 7) is 1.38. The molecule has 3 heteroatoms. The fraction of sp³-hybridized carbons (Fsp3) is 0.647. The van der Waals surface area contributed by atoms with Gasteiger partial charge in [0.05, 0.1) is 6.61 Å². The first-order valence-corrected chi connectivity index (χ1v) is 7.83. The topological polar surface area (TPSA) is 52.5 Å². The predicted octanol–water partition coefficient (Wildman–Crippen LogP) is 2.97. The lowest BCUT2D eigenvalue weighted by Gasteiger charge is -2.36. The van der Waals surface area contributed by atoms with E-state index in [1.807, 2.05) is 0 Å². The molecule has 0 spiro atoms. The van der Waals surface area contributed by atoms with Crippen LogP contribution in [0.2, 0.25) is 0 Å². The van der Waals surface area contributed by atoms with Gasteiger partial charge in [-0.1, -0.05) is 31.4 Å². The van der Waals surface area contributed by atoms with Crippen LogP contribution in [0.3, 0.4) is 0 Å². The number of hydrogen-bond acceptors (Lipinski definition) is 3. The number of nitrogens with one attached hydrogen (secondary N) is 1. The molecular weight excluding hydrogens is 250 g/mol. The quantitative estimate of drug-likeness (QED) is 0.718. The normalized spacial score (nSPS) is 17.9. The fourth-order valence-corrected chi connectivity index (χ4v) is 3.10. The molecule has 0 unspecified atom stereocenters. The highest BCUT2D eigenvalue weighted by Crippen LogP contribution is 2.36. The van der Waals surface area contributed by atoms with Crippen molar-refractivity contribution in [1.82, 2.24) is 0 Å². The summed E-state index contributed by atoms with van der Waals surface area (Å²) < 4.78 is 0. The minimum Gasteiger partial charge on any atom is -0.396 e. The van der Waals surface area contributed by atoms with Gasteiger partial charge in [-0.3, -0.25) is 0 Å². The van der Waals surface area contributed by atoms with Gasteiger partial charge in [0.2, 0.25) is 0 Å². The predicted molar refractivity (Wildman–Crippen MR) is 82.9 cm³/mol. The van der Waals surface area contributed by atoms with Crippen molar-refractivity contribution in [2.75, 3.05) is 25.1 Å². The van der Waals surface area contributed by atoms with E-state index in [-0.39, 0.29) is 18.6 Å². The van der Waals surface area contributed by atoms with E-state index in [1.165, 1.54) is 24.8 Å². The Kier molecular flexibility index (Phi) is 5.86. The first-order chi connectivity index (χ1) is 9.78. The summed E-state index contributed by atoms with van der Waals surface area (Å²) in [5.41, 5.74) is 2.45. The van der Waals surface area contributed by atoms with Crippen molar-refractivity contribution in [3.05, 3.63) is 29.8 Å². The van der Waals surface area contributed by atoms with Gasteiger partial charge in [0, 0.05) is 24.3 Å². The van der Waals surface area contributed by atoms with E-state index in [9.17, 15) is 5.11 Å². The maximum absolute atomic E-state index is 9.72. The van der Waals surface area contributed by atoms with Crippen LogP contribution < -0.4 is 5.32 Å². The smallest absolute Gasteiger partial charge is 0.0504 e. The van der Waals surface area contributed by atoms with Crippen LogP contribution in [0, 0.1) is 5.41 Å². The summed E-state index contributed by atoms with van der Waals surface area (Å²) in [5, 5.41) is 22.1. The maximum Gasteiger partial charge on any atom is 0.0504 e. The SMILES string of the molecule is OCCCc1cccc(NCC2(CO)CCCCC2)c1. The summed E-state index contributed by atoms with van der Waals surface area (Å²) in [5.74, 6) is 0. The Morgan fingerprint density at radius 3 is 2.60 bits per heavy atom. The number of hydrogen-bond donors (Lipinski definition) is 3. The molecule has 0 saturated heterocycles. The monoisotopic (exact) mass is 277 g/mol. The molecule has 20 heavy (non-hydrogen) atoms. The molecule has 0 heterocycles. The lowest BCUT2D eigenvalue weighted by molar-refractivity contribution is 0.0944. The van der Waals surface area contributed by atoms with Crippen molar-refractivity contribution in [1.29, 1.82) is 0 Å². The van der Waals surface area contributed by atoms with Gasteiger partial charge >= 0.3 is 0 Å². The first-order valence-electron chi connectivity index (χ1n) is 7.83. The summed E-state index contributed by atoms with van der Waals surface area (Å²) >= 11 is 0. The van der Waals surface area contributed by atoms with Crippen LogP contribution in [0.1, 0.15) is 44.1 Å².